The van der Waals surface area contributed by atoms with Crippen LogP contribution in [0.3, 0.4) is 0 Å². The number of rotatable bonds is 4. The average Bonchev–Trinajstić information content (AvgIpc) is 2.47. The molecule has 0 fully saturated rings. The van der Waals surface area contributed by atoms with Gasteiger partial charge in [0.1, 0.15) is 23.0 Å². The summed E-state index contributed by atoms with van der Waals surface area (Å²) in [5.74, 6) is 0.0647. The Bertz CT molecular complexity index is 659. The number of carbonyl (C=O) groups is 1. The number of halogens is 1. The molecule has 6 heteroatoms. The van der Waals surface area contributed by atoms with Gasteiger partial charge in [0.2, 0.25) is 0 Å². The summed E-state index contributed by atoms with van der Waals surface area (Å²) in [6.45, 7) is 0.0244. The fourth-order valence-electron chi connectivity index (χ4n) is 1.78. The molecule has 0 aliphatic rings. The smallest absolute Gasteiger partial charge is 0.272 e. The molecule has 2 N–H and O–H groups in total. The number of aromatic nitrogens is 1. The molecule has 1 aromatic heterocycles. The molecule has 2 aromatic rings. The number of nitrogens with two attached hydrogens (primary N) is 1. The van der Waals surface area contributed by atoms with Gasteiger partial charge in [-0.05, 0) is 18.2 Å². The van der Waals surface area contributed by atoms with Crippen molar-refractivity contribution in [3.63, 3.8) is 0 Å². The molecule has 0 spiro atoms. The number of hydrogen-bond donors (Lipinski definition) is 1. The summed E-state index contributed by atoms with van der Waals surface area (Å²) in [6, 6.07) is 7.59. The molecule has 0 saturated heterocycles. The first kappa shape index (κ1) is 14.9. The summed E-state index contributed by atoms with van der Waals surface area (Å²) in [4.78, 5) is 17.3. The van der Waals surface area contributed by atoms with E-state index in [4.69, 9.17) is 10.5 Å². The molecule has 0 aliphatic heterocycles. The third-order valence-electron chi connectivity index (χ3n) is 2.86. The SMILES string of the molecule is CN(C)C(=O)c1cc(Oc2cccc(F)c2CN)ccn1. The zero-order chi connectivity index (χ0) is 15.4. The van der Waals surface area contributed by atoms with Crippen LogP contribution in [-0.4, -0.2) is 29.9 Å². The van der Waals surface area contributed by atoms with E-state index in [9.17, 15) is 9.18 Å². The molecule has 0 radical (unpaired) electrons. The number of carbonyl (C=O) groups excluding carboxylic acids is 1. The van der Waals surface area contributed by atoms with E-state index in [2.05, 4.69) is 4.98 Å². The molecular formula is C15H16FN3O2. The van der Waals surface area contributed by atoms with Crippen LogP contribution in [0.2, 0.25) is 0 Å². The van der Waals surface area contributed by atoms with Crippen molar-refractivity contribution in [3.05, 3.63) is 53.6 Å². The molecule has 1 amide bonds. The van der Waals surface area contributed by atoms with Crippen molar-refractivity contribution >= 4 is 5.91 Å². The minimum Gasteiger partial charge on any atom is -0.457 e. The Hall–Kier alpha value is -2.47. The monoisotopic (exact) mass is 289 g/mol. The molecule has 0 bridgehead atoms. The van der Waals surface area contributed by atoms with Gasteiger partial charge in [-0.3, -0.25) is 9.78 Å². The van der Waals surface area contributed by atoms with E-state index in [1.54, 1.807) is 26.2 Å². The second-order valence-electron chi connectivity index (χ2n) is 4.60. The Morgan fingerprint density at radius 1 is 1.38 bits per heavy atom. The number of nitrogens with zero attached hydrogens (tertiary/aromatic N) is 2. The highest BCUT2D eigenvalue weighted by Crippen LogP contribution is 2.27. The maximum absolute atomic E-state index is 13.6. The number of ether oxygens (including phenoxy) is 1. The van der Waals surface area contributed by atoms with Crippen LogP contribution in [0.5, 0.6) is 11.5 Å². The molecule has 0 unspecified atom stereocenters. The standard InChI is InChI=1S/C15H16FN3O2/c1-19(2)15(20)13-8-10(6-7-18-13)21-14-5-3-4-12(16)11(14)9-17/h3-8H,9,17H2,1-2H3. The van der Waals surface area contributed by atoms with E-state index in [0.717, 1.165) is 0 Å². The minimum atomic E-state index is -0.423. The van der Waals surface area contributed by atoms with E-state index in [0.29, 0.717) is 11.5 Å². The molecule has 0 atom stereocenters. The summed E-state index contributed by atoms with van der Waals surface area (Å²) in [5, 5.41) is 0. The van der Waals surface area contributed by atoms with Gasteiger partial charge in [-0.25, -0.2) is 4.39 Å². The highest BCUT2D eigenvalue weighted by atomic mass is 19.1. The van der Waals surface area contributed by atoms with E-state index in [1.807, 2.05) is 0 Å². The quantitative estimate of drug-likeness (QED) is 0.936. The van der Waals surface area contributed by atoms with Gasteiger partial charge >= 0.3 is 0 Å². The first-order valence-corrected chi connectivity index (χ1v) is 6.36. The molecule has 1 aromatic carbocycles. The zero-order valence-electron chi connectivity index (χ0n) is 11.8. The van der Waals surface area contributed by atoms with E-state index < -0.39 is 5.82 Å². The van der Waals surface area contributed by atoms with Crippen molar-refractivity contribution in [1.29, 1.82) is 0 Å². The van der Waals surface area contributed by atoms with Crippen LogP contribution in [0.1, 0.15) is 16.1 Å². The molecule has 110 valence electrons. The summed E-state index contributed by atoms with van der Waals surface area (Å²) in [6.07, 6.45) is 1.47. The Balaban J connectivity index is 2.31. The van der Waals surface area contributed by atoms with Crippen molar-refractivity contribution in [2.45, 2.75) is 6.54 Å². The first-order valence-electron chi connectivity index (χ1n) is 6.36. The van der Waals surface area contributed by atoms with Gasteiger partial charge < -0.3 is 15.4 Å². The van der Waals surface area contributed by atoms with E-state index in [-0.39, 0.29) is 23.7 Å². The lowest BCUT2D eigenvalue weighted by Gasteiger charge is -2.12. The van der Waals surface area contributed by atoms with Crippen molar-refractivity contribution in [1.82, 2.24) is 9.88 Å². The number of benzene rings is 1. The fraction of sp³-hybridized carbons (Fsp3) is 0.200. The Morgan fingerprint density at radius 3 is 2.81 bits per heavy atom. The number of amides is 1. The molecule has 0 saturated carbocycles. The largest absolute Gasteiger partial charge is 0.457 e. The van der Waals surface area contributed by atoms with Crippen LogP contribution in [-0.2, 0) is 6.54 Å². The fourth-order valence-corrected chi connectivity index (χ4v) is 1.78. The van der Waals surface area contributed by atoms with Crippen LogP contribution in [0.15, 0.2) is 36.5 Å². The van der Waals surface area contributed by atoms with Gasteiger partial charge in [0.05, 0.1) is 0 Å². The Morgan fingerprint density at radius 2 is 2.14 bits per heavy atom. The highest BCUT2D eigenvalue weighted by molar-refractivity contribution is 5.92. The number of hydrogen-bond acceptors (Lipinski definition) is 4. The first-order chi connectivity index (χ1) is 10.0. The van der Waals surface area contributed by atoms with Crippen molar-refractivity contribution < 1.29 is 13.9 Å². The topological polar surface area (TPSA) is 68.5 Å². The Kier molecular flexibility index (Phi) is 4.49. The minimum absolute atomic E-state index is 0.0244. The van der Waals surface area contributed by atoms with Gasteiger partial charge in [0, 0.05) is 38.5 Å². The Labute approximate surface area is 122 Å². The second-order valence-corrected chi connectivity index (χ2v) is 4.60. The molecule has 21 heavy (non-hydrogen) atoms. The molecule has 1 heterocycles. The van der Waals surface area contributed by atoms with E-state index in [1.165, 1.54) is 29.3 Å². The van der Waals surface area contributed by atoms with Crippen LogP contribution < -0.4 is 10.5 Å². The number of pyridine rings is 1. The van der Waals surface area contributed by atoms with Gasteiger partial charge in [0.15, 0.2) is 0 Å². The molecule has 2 rings (SSSR count). The third-order valence-corrected chi connectivity index (χ3v) is 2.86. The second kappa shape index (κ2) is 6.32. The van der Waals surface area contributed by atoms with Gasteiger partial charge in [-0.15, -0.1) is 0 Å². The lowest BCUT2D eigenvalue weighted by atomic mass is 10.2. The maximum Gasteiger partial charge on any atom is 0.272 e. The summed E-state index contributed by atoms with van der Waals surface area (Å²) >= 11 is 0. The molecule has 0 aliphatic carbocycles. The normalized spacial score (nSPS) is 10.3. The van der Waals surface area contributed by atoms with Crippen molar-refractivity contribution in [3.8, 4) is 11.5 Å². The highest BCUT2D eigenvalue weighted by Gasteiger charge is 2.12. The lowest BCUT2D eigenvalue weighted by Crippen LogP contribution is -2.22. The van der Waals surface area contributed by atoms with Crippen LogP contribution >= 0.6 is 0 Å². The van der Waals surface area contributed by atoms with Gasteiger partial charge in [-0.1, -0.05) is 6.07 Å². The van der Waals surface area contributed by atoms with Crippen molar-refractivity contribution in [2.24, 2.45) is 5.73 Å². The van der Waals surface area contributed by atoms with Crippen LogP contribution in [0.25, 0.3) is 0 Å². The predicted molar refractivity (Wildman–Crippen MR) is 76.6 cm³/mol. The van der Waals surface area contributed by atoms with Crippen molar-refractivity contribution in [2.75, 3.05) is 14.1 Å². The summed E-state index contributed by atoms with van der Waals surface area (Å²) < 4.78 is 19.3. The summed E-state index contributed by atoms with van der Waals surface area (Å²) in [5.41, 5.74) is 6.07. The molecule has 5 nitrogen and oxygen atoms in total. The van der Waals surface area contributed by atoms with Crippen LogP contribution in [0, 0.1) is 5.82 Å². The van der Waals surface area contributed by atoms with E-state index >= 15 is 0 Å². The molecular weight excluding hydrogens is 273 g/mol. The zero-order valence-corrected chi connectivity index (χ0v) is 11.8. The average molecular weight is 289 g/mol. The summed E-state index contributed by atoms with van der Waals surface area (Å²) in [7, 11) is 3.27. The van der Waals surface area contributed by atoms with Gasteiger partial charge in [0.25, 0.3) is 5.91 Å². The van der Waals surface area contributed by atoms with Crippen LogP contribution in [0.4, 0.5) is 4.39 Å². The maximum atomic E-state index is 13.6. The lowest BCUT2D eigenvalue weighted by molar-refractivity contribution is 0.0821. The third kappa shape index (κ3) is 3.35. The predicted octanol–water partition coefficient (Wildman–Crippen LogP) is 2.17. The van der Waals surface area contributed by atoms with Gasteiger partial charge in [-0.2, -0.15) is 0 Å².